The van der Waals surface area contributed by atoms with Gasteiger partial charge in [-0.25, -0.2) is 0 Å². The van der Waals surface area contributed by atoms with E-state index in [-0.39, 0.29) is 16.8 Å². The van der Waals surface area contributed by atoms with Crippen LogP contribution in [0.4, 0.5) is 105 Å². The van der Waals surface area contributed by atoms with Gasteiger partial charge in [-0.1, -0.05) is 194 Å². The molecule has 0 aliphatic carbocycles. The number of benzene rings is 12. The summed E-state index contributed by atoms with van der Waals surface area (Å²) in [6, 6.07) is 80.3. The molecule has 0 nitrogen and oxygen atoms in total. The first-order chi connectivity index (χ1) is 54.1. The normalized spacial score (nSPS) is 12.6. The van der Waals surface area contributed by atoms with Gasteiger partial charge in [-0.3, -0.25) is 0 Å². The van der Waals surface area contributed by atoms with Crippen molar-refractivity contribution in [1.82, 2.24) is 0 Å². The molecule has 0 aromatic heterocycles. The van der Waals surface area contributed by atoms with Gasteiger partial charge in [0.2, 0.25) is 0 Å². The Morgan fingerprint density at radius 2 is 0.284 bits per heavy atom. The van der Waals surface area contributed by atoms with Crippen molar-refractivity contribution in [2.24, 2.45) is 0 Å². The third kappa shape index (κ3) is 23.8. The Bertz CT molecular complexity index is 4160. The molecule has 0 heterocycles. The van der Waals surface area contributed by atoms with Gasteiger partial charge in [0.15, 0.2) is 0 Å². The van der Waals surface area contributed by atoms with Gasteiger partial charge in [0, 0.05) is 29.6 Å². The molecule has 12 rings (SSSR count). The van der Waals surface area contributed by atoms with E-state index >= 15 is 0 Å². The summed E-state index contributed by atoms with van der Waals surface area (Å²) in [4.78, 5) is 0. The van der Waals surface area contributed by atoms with E-state index in [1.54, 1.807) is 0 Å². The minimum absolute atomic E-state index is 0. The standard InChI is InChI=1S/C32H12BF24.2C27H26P2.Co/c34-25(35,36)13-1-14(26(37,38)39)6-21(5-13)33(22-7-15(27(40,41)42)2-16(8-22)28(43,44)45,23-9-17(29(46,47)48)3-18(10-23)30(49,50)51)24-11-19(31(52,53)54)4-20(12-24)32(55,56)57;2*1-5-14-24(15-6-1)28(25-16-7-2-8-17-25)22-13-23-29(26-18-9-3-10-19-26)27-20-11-4-12-21-27;/h1-12H;2*1-12,14-21H,13,22-23H2;/q-1;;;/p+4. The van der Waals surface area contributed by atoms with Crippen molar-refractivity contribution in [3.63, 3.8) is 0 Å². The van der Waals surface area contributed by atoms with Crippen LogP contribution in [0.5, 0.6) is 0 Å². The Labute approximate surface area is 667 Å². The van der Waals surface area contributed by atoms with Gasteiger partial charge in [0.25, 0.3) is 0 Å². The first-order valence-electron chi connectivity index (χ1n) is 35.3. The molecule has 0 amide bonds. The van der Waals surface area contributed by atoms with E-state index in [0.29, 0.717) is 0 Å². The Kier molecular flexibility index (Phi) is 30.1. The van der Waals surface area contributed by atoms with Crippen molar-refractivity contribution < 1.29 is 122 Å². The Morgan fingerprint density at radius 3 is 0.388 bits per heavy atom. The molecule has 609 valence electrons. The van der Waals surface area contributed by atoms with E-state index in [9.17, 15) is 105 Å². The minimum Gasteiger partial charge on any atom is -0.194 e. The summed E-state index contributed by atoms with van der Waals surface area (Å²) in [7, 11) is -2.97. The van der Waals surface area contributed by atoms with Crippen LogP contribution in [0.2, 0.25) is 0 Å². The maximum absolute atomic E-state index is 14.2. The minimum atomic E-state index is -6.13. The molecule has 12 aromatic carbocycles. The molecule has 0 N–H and O–H groups in total. The van der Waals surface area contributed by atoms with Gasteiger partial charge < -0.3 is 0 Å². The first kappa shape index (κ1) is 91.2. The number of hydrogen-bond acceptors (Lipinski definition) is 0. The number of hydrogen-bond donors (Lipinski definition) is 0. The summed E-state index contributed by atoms with van der Waals surface area (Å²) < 4.78 is 341. The summed E-state index contributed by atoms with van der Waals surface area (Å²) in [6.07, 6.45) is -47.1. The predicted octanol–water partition coefficient (Wildman–Crippen LogP) is 21.4. The fourth-order valence-electron chi connectivity index (χ4n) is 13.9. The SMILES string of the molecule is FC(F)(F)c1cc([B-](c2cc(C(F)(F)F)cc(C(F)(F)F)c2)(c2cc(C(F)(F)F)cc(C(F)(F)F)c2)c2cc(C(F)(F)F)cc(C(F)(F)F)c2)cc(C(F)(F)F)c1.[Co].c1ccc([PH+](CCC[PH+](c2ccccc2)c2ccccc2)c2ccccc2)cc1.c1ccc([PH+](CCC[PH+](c2ccccc2)c2ccccc2)c2ccccc2)cc1. The topological polar surface area (TPSA) is 0 Å². The van der Waals surface area contributed by atoms with Crippen LogP contribution >= 0.6 is 31.7 Å². The van der Waals surface area contributed by atoms with Crippen LogP contribution < -0.4 is 64.3 Å². The molecule has 0 bridgehead atoms. The molecule has 1 radical (unpaired) electrons. The second kappa shape index (κ2) is 38.3. The van der Waals surface area contributed by atoms with Crippen molar-refractivity contribution in [2.75, 3.05) is 24.6 Å². The summed E-state index contributed by atoms with van der Waals surface area (Å²) in [5, 5.41) is 12.2. The average Bonchev–Trinajstić information content (AvgIpc) is 0.706. The molecule has 0 saturated carbocycles. The first-order valence-corrected chi connectivity index (χ1v) is 42.1. The molecule has 12 aromatic rings. The third-order valence-electron chi connectivity index (χ3n) is 19.1. The zero-order valence-electron chi connectivity index (χ0n) is 60.2. The van der Waals surface area contributed by atoms with Crippen LogP contribution in [0.1, 0.15) is 57.3 Å². The fraction of sp³-hybridized carbons (Fsp3) is 0.163. The van der Waals surface area contributed by atoms with Gasteiger partial charge in [-0.15, -0.1) is 0 Å². The zero-order valence-corrected chi connectivity index (χ0v) is 65.3. The van der Waals surface area contributed by atoms with Crippen molar-refractivity contribution in [3.8, 4) is 0 Å². The van der Waals surface area contributed by atoms with Crippen LogP contribution in [0.15, 0.2) is 315 Å². The molecule has 0 saturated heterocycles. The van der Waals surface area contributed by atoms with Crippen molar-refractivity contribution >= 4 is 102 Å². The van der Waals surface area contributed by atoms with Crippen LogP contribution in [0, 0.1) is 0 Å². The molecule has 0 aliphatic rings. The smallest absolute Gasteiger partial charge is 0.194 e. The summed E-state index contributed by atoms with van der Waals surface area (Å²) in [5.41, 5.74) is -30.2. The van der Waals surface area contributed by atoms with Gasteiger partial charge in [0.1, 0.15) is 6.15 Å². The van der Waals surface area contributed by atoms with Crippen molar-refractivity contribution in [2.45, 2.75) is 62.3 Å². The van der Waals surface area contributed by atoms with E-state index in [1.165, 1.54) is 79.9 Å². The predicted molar refractivity (Wildman–Crippen MR) is 421 cm³/mol. The van der Waals surface area contributed by atoms with Crippen LogP contribution in [-0.2, 0) is 66.2 Å². The molecular formula is C86H68BCoF24P4+3. The van der Waals surface area contributed by atoms with Gasteiger partial charge >= 0.3 is 49.4 Å². The monoisotopic (exact) mass is 1750 g/mol. The van der Waals surface area contributed by atoms with E-state index < -0.39 is 226 Å². The second-order valence-electron chi connectivity index (χ2n) is 26.8. The maximum Gasteiger partial charge on any atom is 0.416 e. The summed E-state index contributed by atoms with van der Waals surface area (Å²) in [6.45, 7) is 0. The van der Waals surface area contributed by atoms with Crippen molar-refractivity contribution in [3.05, 3.63) is 360 Å². The molecule has 0 fully saturated rings. The van der Waals surface area contributed by atoms with E-state index in [4.69, 9.17) is 0 Å². The maximum atomic E-state index is 14.2. The molecule has 116 heavy (non-hydrogen) atoms. The largest absolute Gasteiger partial charge is 0.416 e. The molecular weight excluding hydrogens is 1680 g/mol. The molecule has 0 aliphatic heterocycles. The molecule has 30 heteroatoms. The Morgan fingerprint density at radius 1 is 0.172 bits per heavy atom. The quantitative estimate of drug-likeness (QED) is 0.0405. The second-order valence-corrected chi connectivity index (χ2v) is 37.2. The fourth-order valence-corrected chi connectivity index (χ4v) is 25.1. The van der Waals surface area contributed by atoms with Crippen LogP contribution in [-0.4, -0.2) is 30.8 Å². The van der Waals surface area contributed by atoms with E-state index in [1.807, 2.05) is 0 Å². The zero-order chi connectivity index (χ0) is 83.4. The van der Waals surface area contributed by atoms with Crippen LogP contribution in [0.25, 0.3) is 0 Å². The summed E-state index contributed by atoms with van der Waals surface area (Å²) in [5.74, 6) is 0. The summed E-state index contributed by atoms with van der Waals surface area (Å²) >= 11 is 0. The van der Waals surface area contributed by atoms with Gasteiger partial charge in [-0.05, 0) is 121 Å². The molecule has 0 spiro atoms. The Balaban J connectivity index is 0.000000217. The molecule has 0 atom stereocenters. The average molecular weight is 1750 g/mol. The van der Waals surface area contributed by atoms with E-state index in [0.717, 1.165) is 0 Å². The van der Waals surface area contributed by atoms with Crippen LogP contribution in [0.3, 0.4) is 0 Å². The van der Waals surface area contributed by atoms with E-state index in [2.05, 4.69) is 243 Å². The van der Waals surface area contributed by atoms with Crippen molar-refractivity contribution in [1.29, 1.82) is 0 Å². The Hall–Kier alpha value is -8.75. The van der Waals surface area contributed by atoms with Gasteiger partial charge in [0.05, 0.1) is 143 Å². The number of alkyl halides is 24. The number of halogens is 24. The van der Waals surface area contributed by atoms with Gasteiger partial charge in [-0.2, -0.15) is 127 Å². The third-order valence-corrected chi connectivity index (χ3v) is 30.8. The molecule has 0 unspecified atom stereocenters. The number of rotatable bonds is 20.